The van der Waals surface area contributed by atoms with Crippen molar-refractivity contribution in [3.05, 3.63) is 113 Å². The molecule has 2 N–H and O–H groups in total. The van der Waals surface area contributed by atoms with E-state index < -0.39 is 20.1 Å². The van der Waals surface area contributed by atoms with Crippen LogP contribution in [-0.2, 0) is 19.5 Å². The molecule has 1 fully saturated rings. The van der Waals surface area contributed by atoms with Crippen LogP contribution in [0.4, 0.5) is 5.82 Å². The number of hydrogen-bond acceptors (Lipinski definition) is 8. The third kappa shape index (κ3) is 6.40. The van der Waals surface area contributed by atoms with Crippen molar-refractivity contribution < 1.29 is 18.6 Å². The molecular weight excluding hydrogens is 630 g/mol. The molecule has 0 bridgehead atoms. The summed E-state index contributed by atoms with van der Waals surface area (Å²) in [6.45, 7) is 11.5. The third-order valence-electron chi connectivity index (χ3n) is 9.44. The summed E-state index contributed by atoms with van der Waals surface area (Å²) in [4.78, 5) is 13.1. The average Bonchev–Trinajstić information content (AvgIpc) is 3.65. The molecule has 0 amide bonds. The number of imidazole rings is 1. The van der Waals surface area contributed by atoms with Crippen LogP contribution < -0.4 is 10.5 Å². The van der Waals surface area contributed by atoms with E-state index in [2.05, 4.69) is 85.2 Å². The molecule has 47 heavy (non-hydrogen) atoms. The van der Waals surface area contributed by atoms with Gasteiger partial charge in [-0.15, -0.1) is 0 Å². The average molecular weight is 672 g/mol. The van der Waals surface area contributed by atoms with Gasteiger partial charge in [0.25, 0.3) is 0 Å². The summed E-state index contributed by atoms with van der Waals surface area (Å²) >= 11 is 6.25. The Morgan fingerprint density at radius 3 is 2.09 bits per heavy atom. The molecule has 0 spiro atoms. The Kier molecular flexibility index (Phi) is 9.16. The molecule has 246 valence electrons. The molecule has 3 aromatic carbocycles. The minimum absolute atomic E-state index is 0.0107. The van der Waals surface area contributed by atoms with Gasteiger partial charge in [0.1, 0.15) is 16.9 Å². The smallest absolute Gasteiger partial charge is 0.226 e. The van der Waals surface area contributed by atoms with Crippen molar-refractivity contribution in [2.45, 2.75) is 69.4 Å². The van der Waals surface area contributed by atoms with Gasteiger partial charge in [-0.05, 0) is 58.6 Å². The van der Waals surface area contributed by atoms with E-state index in [1.807, 2.05) is 53.1 Å². The molecule has 3 atom stereocenters. The van der Waals surface area contributed by atoms with E-state index in [0.717, 1.165) is 22.4 Å². The van der Waals surface area contributed by atoms with Gasteiger partial charge < -0.3 is 24.4 Å². The molecule has 1 aliphatic rings. The van der Waals surface area contributed by atoms with E-state index in [9.17, 15) is 0 Å². The second kappa shape index (κ2) is 13.0. The minimum Gasteiger partial charge on any atom is -0.497 e. The fourth-order valence-electron chi connectivity index (χ4n) is 5.97. The van der Waals surface area contributed by atoms with E-state index in [1.54, 1.807) is 13.4 Å². The number of fused-ring (bicyclic) bond motifs is 1. The van der Waals surface area contributed by atoms with Crippen molar-refractivity contribution in [1.29, 1.82) is 0 Å². The maximum Gasteiger partial charge on any atom is 0.226 e. The van der Waals surface area contributed by atoms with Crippen molar-refractivity contribution in [2.75, 3.05) is 19.5 Å². The highest BCUT2D eigenvalue weighted by Crippen LogP contribution is 2.45. The van der Waals surface area contributed by atoms with Gasteiger partial charge in [0, 0.05) is 6.42 Å². The molecule has 1 unspecified atom stereocenters. The number of methoxy groups -OCH3 is 1. The predicted molar refractivity (Wildman–Crippen MR) is 187 cm³/mol. The number of nitrogens with two attached hydrogens (primary N) is 1. The number of benzene rings is 3. The Hall–Kier alpha value is -3.80. The third-order valence-corrected chi connectivity index (χ3v) is 14.1. The Morgan fingerprint density at radius 1 is 0.915 bits per heavy atom. The zero-order valence-electron chi connectivity index (χ0n) is 27.7. The summed E-state index contributed by atoms with van der Waals surface area (Å²) in [5, 5.41) is 0.0370. The largest absolute Gasteiger partial charge is 0.497 e. The zero-order chi connectivity index (χ0) is 33.4. The molecule has 0 saturated carbocycles. The van der Waals surface area contributed by atoms with Crippen LogP contribution in [0.5, 0.6) is 5.75 Å². The number of hydrogen-bond donors (Lipinski definition) is 1. The van der Waals surface area contributed by atoms with E-state index in [1.165, 1.54) is 0 Å². The van der Waals surface area contributed by atoms with Gasteiger partial charge in [0.15, 0.2) is 26.0 Å². The lowest BCUT2D eigenvalue weighted by Gasteiger charge is -2.39. The molecule has 6 rings (SSSR count). The summed E-state index contributed by atoms with van der Waals surface area (Å²) in [6.07, 6.45) is 1.15. The van der Waals surface area contributed by atoms with Crippen LogP contribution in [0.15, 0.2) is 91.3 Å². The van der Waals surface area contributed by atoms with Crippen LogP contribution in [0.3, 0.4) is 0 Å². The number of nitrogens with zero attached hydrogens (tertiary/aromatic N) is 4. The van der Waals surface area contributed by atoms with Crippen molar-refractivity contribution in [3.63, 3.8) is 0 Å². The van der Waals surface area contributed by atoms with Crippen LogP contribution in [0.1, 0.15) is 50.1 Å². The lowest BCUT2D eigenvalue weighted by atomic mass is 9.80. The number of nitrogen functional groups attached to an aromatic ring is 1. The first kappa shape index (κ1) is 33.1. The van der Waals surface area contributed by atoms with Gasteiger partial charge in [-0.2, -0.15) is 9.97 Å². The van der Waals surface area contributed by atoms with Crippen molar-refractivity contribution >= 4 is 36.9 Å². The number of rotatable bonds is 10. The molecule has 2 aromatic heterocycles. The van der Waals surface area contributed by atoms with Gasteiger partial charge in [0.2, 0.25) is 5.28 Å². The highest BCUT2D eigenvalue weighted by molar-refractivity contribution is 6.74. The number of halogens is 1. The van der Waals surface area contributed by atoms with Crippen molar-refractivity contribution in [2.24, 2.45) is 0 Å². The Morgan fingerprint density at radius 2 is 1.51 bits per heavy atom. The molecule has 9 nitrogen and oxygen atoms in total. The second-order valence-corrected chi connectivity index (χ2v) is 18.6. The second-order valence-electron chi connectivity index (χ2n) is 13.5. The quantitative estimate of drug-likeness (QED) is 0.0912. The number of ether oxygens (including phenoxy) is 3. The van der Waals surface area contributed by atoms with E-state index in [0.29, 0.717) is 17.6 Å². The lowest BCUT2D eigenvalue weighted by molar-refractivity contribution is -0.0841. The fraction of sp³-hybridized carbons (Fsp3) is 0.361. The first-order chi connectivity index (χ1) is 22.4. The molecular formula is C36H42ClN5O4Si. The van der Waals surface area contributed by atoms with Gasteiger partial charge in [-0.25, -0.2) is 4.98 Å². The van der Waals surface area contributed by atoms with E-state index >= 15 is 0 Å². The summed E-state index contributed by atoms with van der Waals surface area (Å²) in [5.74, 6) is 0.988. The van der Waals surface area contributed by atoms with Crippen molar-refractivity contribution in [1.82, 2.24) is 19.5 Å². The van der Waals surface area contributed by atoms with Gasteiger partial charge in [0.05, 0.1) is 32.3 Å². The molecule has 3 heterocycles. The van der Waals surface area contributed by atoms with Crippen LogP contribution in [0, 0.1) is 0 Å². The zero-order valence-corrected chi connectivity index (χ0v) is 29.4. The molecule has 0 radical (unpaired) electrons. The van der Waals surface area contributed by atoms with E-state index in [-0.39, 0.29) is 35.0 Å². The van der Waals surface area contributed by atoms with E-state index in [4.69, 9.17) is 36.0 Å². The number of aromatic nitrogens is 4. The van der Waals surface area contributed by atoms with Gasteiger partial charge >= 0.3 is 0 Å². The topological polar surface area (TPSA) is 107 Å². The van der Waals surface area contributed by atoms with Crippen molar-refractivity contribution in [3.8, 4) is 5.75 Å². The van der Waals surface area contributed by atoms with Gasteiger partial charge in [-0.3, -0.25) is 4.57 Å². The molecule has 5 aromatic rings. The summed E-state index contributed by atoms with van der Waals surface area (Å²) < 4.78 is 28.4. The molecule has 11 heteroatoms. The highest BCUT2D eigenvalue weighted by Gasteiger charge is 2.47. The Balaban J connectivity index is 1.40. The predicted octanol–water partition coefficient (Wildman–Crippen LogP) is 7.76. The maximum absolute atomic E-state index is 7.18. The van der Waals surface area contributed by atoms with Gasteiger partial charge in [-0.1, -0.05) is 93.6 Å². The molecule has 1 aliphatic heterocycles. The first-order valence-corrected chi connectivity index (χ1v) is 19.1. The lowest BCUT2D eigenvalue weighted by Crippen LogP contribution is -2.45. The van der Waals surface area contributed by atoms with Crippen LogP contribution in [0.2, 0.25) is 23.4 Å². The van der Waals surface area contributed by atoms with Crippen LogP contribution in [-0.4, -0.2) is 53.8 Å². The standard InChI is InChI=1S/C36H42ClN5O4Si/c1-35(2,3)47(5,6)46-29-21-28(45-33(29)42-23-39-30-31(38)40-34(37)41-32(30)42)22-44-36(24-13-9-7-10-14-24,25-15-11-8-12-16-25)26-17-19-27(43-4)20-18-26/h7-20,23,28-29,33H,21-22H2,1-6H3,(H2,38,40,41)/t28-,29?,33+/m0/s1. The summed E-state index contributed by atoms with van der Waals surface area (Å²) in [5.41, 5.74) is 9.18. The molecule has 0 aliphatic carbocycles. The van der Waals surface area contributed by atoms with Crippen LogP contribution >= 0.6 is 11.6 Å². The van der Waals surface area contributed by atoms with Crippen LogP contribution in [0.25, 0.3) is 11.2 Å². The Bertz CT molecular complexity index is 1770. The first-order valence-electron chi connectivity index (χ1n) is 15.8. The molecule has 1 saturated heterocycles. The fourth-order valence-corrected chi connectivity index (χ4v) is 7.46. The normalized spacial score (nSPS) is 18.9. The summed E-state index contributed by atoms with van der Waals surface area (Å²) in [7, 11) is -0.552. The maximum atomic E-state index is 7.18. The minimum atomic E-state index is -2.22. The SMILES string of the molecule is COc1ccc(C(OC[C@@H]2CC(O[Si](C)(C)C(C)(C)C)[C@H](n3cnc4c(N)nc(Cl)nc43)O2)(c2ccccc2)c2ccccc2)cc1. The summed E-state index contributed by atoms with van der Waals surface area (Å²) in [6, 6.07) is 28.6. The highest BCUT2D eigenvalue weighted by atomic mass is 35.5. The monoisotopic (exact) mass is 671 g/mol. The number of anilines is 1. The Labute approximate surface area is 282 Å².